The smallest absolute Gasteiger partial charge is 0.181 e. The summed E-state index contributed by atoms with van der Waals surface area (Å²) in [7, 11) is 0.0752. The Morgan fingerprint density at radius 2 is 1.93 bits per heavy atom. The highest BCUT2D eigenvalue weighted by Gasteiger charge is 2.24. The molecule has 0 aliphatic carbocycles. The zero-order valence-corrected chi connectivity index (χ0v) is 16.8. The van der Waals surface area contributed by atoms with Crippen LogP contribution in [0.5, 0.6) is 11.5 Å². The Hall–Kier alpha value is -2.45. The van der Waals surface area contributed by atoms with E-state index in [2.05, 4.69) is 9.97 Å². The van der Waals surface area contributed by atoms with Gasteiger partial charge in [0.1, 0.15) is 16.7 Å². The summed E-state index contributed by atoms with van der Waals surface area (Å²) in [4.78, 5) is 7.42. The Balaban J connectivity index is 2.10. The molecule has 2 aromatic carbocycles. The van der Waals surface area contributed by atoms with Crippen LogP contribution in [0.2, 0.25) is 5.02 Å². The maximum atomic E-state index is 13.6. The van der Waals surface area contributed by atoms with Crippen LogP contribution in [0, 0.1) is 18.6 Å². The summed E-state index contributed by atoms with van der Waals surface area (Å²) >= 11 is 5.93. The lowest BCUT2D eigenvalue weighted by molar-refractivity contribution is 0.225. The van der Waals surface area contributed by atoms with Crippen molar-refractivity contribution in [3.63, 3.8) is 0 Å². The molecular weight excluding hydrogens is 410 g/mol. The summed E-state index contributed by atoms with van der Waals surface area (Å²) in [5.74, 6) is -0.280. The van der Waals surface area contributed by atoms with E-state index >= 15 is 0 Å². The van der Waals surface area contributed by atoms with E-state index in [0.717, 1.165) is 0 Å². The van der Waals surface area contributed by atoms with Gasteiger partial charge in [0.2, 0.25) is 0 Å². The molecule has 0 fully saturated rings. The van der Waals surface area contributed by atoms with Gasteiger partial charge in [-0.25, -0.2) is 13.8 Å². The quantitative estimate of drug-likeness (QED) is 0.627. The lowest BCUT2D eigenvalue weighted by Crippen LogP contribution is -2.12. The molecule has 3 rings (SSSR count). The number of nitrogens with zero attached hydrogens (tertiary/aromatic N) is 1. The normalized spacial score (nSPS) is 13.2. The predicted molar refractivity (Wildman–Crippen MR) is 102 cm³/mol. The van der Waals surface area contributed by atoms with Gasteiger partial charge < -0.3 is 14.5 Å². The van der Waals surface area contributed by atoms with Crippen molar-refractivity contribution in [2.24, 2.45) is 0 Å². The van der Waals surface area contributed by atoms with Gasteiger partial charge in [-0.15, -0.1) is 0 Å². The number of rotatable bonds is 6. The van der Waals surface area contributed by atoms with Gasteiger partial charge in [-0.1, -0.05) is 17.7 Å². The average Bonchev–Trinajstić information content (AvgIpc) is 3.04. The first kappa shape index (κ1) is 20.3. The minimum absolute atomic E-state index is 0.0836. The third-order valence-corrected chi connectivity index (χ3v) is 5.23. The monoisotopic (exact) mass is 426 g/mol. The van der Waals surface area contributed by atoms with Gasteiger partial charge in [-0.05, 0) is 31.2 Å². The van der Waals surface area contributed by atoms with E-state index in [0.29, 0.717) is 22.1 Å². The van der Waals surface area contributed by atoms with Gasteiger partial charge in [0, 0.05) is 23.6 Å². The van der Waals surface area contributed by atoms with E-state index in [1.807, 2.05) is 0 Å². The molecule has 148 valence electrons. The molecule has 1 N–H and O–H groups in total. The van der Waals surface area contributed by atoms with Gasteiger partial charge in [0.05, 0.1) is 22.9 Å². The predicted octanol–water partition coefficient (Wildman–Crippen LogP) is 4.56. The summed E-state index contributed by atoms with van der Waals surface area (Å²) in [5.41, 5.74) is 1.11. The molecule has 0 bridgehead atoms. The fourth-order valence-corrected chi connectivity index (χ4v) is 3.59. The molecule has 2 atom stereocenters. The van der Waals surface area contributed by atoms with E-state index in [1.54, 1.807) is 6.92 Å². The van der Waals surface area contributed by atoms with Crippen LogP contribution in [0.25, 0.3) is 0 Å². The number of ether oxygens (including phenoxy) is 2. The Morgan fingerprint density at radius 3 is 2.54 bits per heavy atom. The number of halogens is 3. The number of H-pyrrole nitrogens is 1. The van der Waals surface area contributed by atoms with Gasteiger partial charge in [-0.3, -0.25) is 4.21 Å². The van der Waals surface area contributed by atoms with E-state index in [4.69, 9.17) is 21.1 Å². The van der Waals surface area contributed by atoms with Crippen LogP contribution in [0.3, 0.4) is 0 Å². The molecule has 0 aliphatic rings. The maximum absolute atomic E-state index is 13.6. The highest BCUT2D eigenvalue weighted by atomic mass is 35.5. The number of aromatic nitrogens is 2. The Kier molecular flexibility index (Phi) is 6.00. The highest BCUT2D eigenvalue weighted by Crippen LogP contribution is 2.35. The molecule has 0 amide bonds. The van der Waals surface area contributed by atoms with Gasteiger partial charge in [0.25, 0.3) is 0 Å². The molecule has 0 saturated heterocycles. The number of benzene rings is 2. The van der Waals surface area contributed by atoms with Gasteiger partial charge in [-0.2, -0.15) is 0 Å². The molecule has 0 aliphatic heterocycles. The topological polar surface area (TPSA) is 64.2 Å². The number of methoxy groups -OCH3 is 1. The van der Waals surface area contributed by atoms with Crippen molar-refractivity contribution in [1.29, 1.82) is 0 Å². The molecule has 0 saturated carbocycles. The Labute approximate surface area is 168 Å². The molecule has 9 heteroatoms. The van der Waals surface area contributed by atoms with Crippen LogP contribution in [0.15, 0.2) is 41.4 Å². The van der Waals surface area contributed by atoms with Crippen molar-refractivity contribution in [3.05, 3.63) is 70.1 Å². The second kappa shape index (κ2) is 8.28. The summed E-state index contributed by atoms with van der Waals surface area (Å²) in [6.45, 7) is 1.74. The Morgan fingerprint density at radius 1 is 1.18 bits per heavy atom. The molecular formula is C19H17ClF2N2O3S. The summed E-state index contributed by atoms with van der Waals surface area (Å²) in [5, 5.41) is 0.294. The third kappa shape index (κ3) is 4.18. The number of hydrogen-bond donors (Lipinski definition) is 1. The minimum atomic E-state index is -1.31. The van der Waals surface area contributed by atoms with Crippen molar-refractivity contribution in [3.8, 4) is 11.5 Å². The number of nitrogens with one attached hydrogen (secondary N) is 1. The van der Waals surface area contributed by atoms with E-state index in [-0.39, 0.29) is 16.5 Å². The first-order valence-electron chi connectivity index (χ1n) is 8.15. The zero-order chi connectivity index (χ0) is 20.4. The first-order valence-corrected chi connectivity index (χ1v) is 10.1. The second-order valence-corrected chi connectivity index (χ2v) is 7.68. The van der Waals surface area contributed by atoms with Gasteiger partial charge >= 0.3 is 0 Å². The van der Waals surface area contributed by atoms with Crippen molar-refractivity contribution < 1.29 is 22.5 Å². The van der Waals surface area contributed by atoms with Crippen LogP contribution < -0.4 is 9.47 Å². The summed E-state index contributed by atoms with van der Waals surface area (Å²) in [6.07, 6.45) is 0.661. The highest BCUT2D eigenvalue weighted by molar-refractivity contribution is 7.84. The van der Waals surface area contributed by atoms with Crippen molar-refractivity contribution in [2.45, 2.75) is 18.1 Å². The van der Waals surface area contributed by atoms with E-state index in [1.165, 1.54) is 49.8 Å². The Bertz CT molecular complexity index is 1040. The maximum Gasteiger partial charge on any atom is 0.181 e. The molecule has 0 spiro atoms. The SMILES string of the molecule is COc1cc(F)ccc1O[C@H](c1ccc(F)c(Cl)c1)c1nc(S(C)=O)c(C)[nH]1. The largest absolute Gasteiger partial charge is 0.493 e. The van der Waals surface area contributed by atoms with Crippen LogP contribution in [0.4, 0.5) is 8.78 Å². The zero-order valence-electron chi connectivity index (χ0n) is 15.3. The number of imidazole rings is 1. The van der Waals surface area contributed by atoms with Crippen LogP contribution in [-0.2, 0) is 10.8 Å². The van der Waals surface area contributed by atoms with Crippen LogP contribution in [-0.4, -0.2) is 27.5 Å². The summed E-state index contributed by atoms with van der Waals surface area (Å²) in [6, 6.07) is 7.96. The van der Waals surface area contributed by atoms with Crippen molar-refractivity contribution in [2.75, 3.05) is 13.4 Å². The number of aryl methyl sites for hydroxylation is 1. The van der Waals surface area contributed by atoms with Crippen LogP contribution in [0.1, 0.15) is 23.2 Å². The van der Waals surface area contributed by atoms with E-state index < -0.39 is 28.5 Å². The fourth-order valence-electron chi connectivity index (χ4n) is 2.69. The summed E-state index contributed by atoms with van der Waals surface area (Å²) < 4.78 is 50.3. The molecule has 0 radical (unpaired) electrons. The van der Waals surface area contributed by atoms with Crippen molar-refractivity contribution in [1.82, 2.24) is 9.97 Å². The van der Waals surface area contributed by atoms with Crippen LogP contribution >= 0.6 is 11.6 Å². The second-order valence-electron chi connectivity index (χ2n) is 5.97. The molecule has 3 aromatic rings. The lowest BCUT2D eigenvalue weighted by Gasteiger charge is -2.20. The minimum Gasteiger partial charge on any atom is -0.493 e. The van der Waals surface area contributed by atoms with Gasteiger partial charge in [0.15, 0.2) is 23.4 Å². The fraction of sp³-hybridized carbons (Fsp3) is 0.211. The average molecular weight is 427 g/mol. The van der Waals surface area contributed by atoms with Crippen molar-refractivity contribution >= 4 is 22.4 Å². The number of hydrogen-bond acceptors (Lipinski definition) is 4. The third-order valence-electron chi connectivity index (χ3n) is 4.00. The molecule has 1 unspecified atom stereocenters. The lowest BCUT2D eigenvalue weighted by atomic mass is 10.1. The number of aromatic amines is 1. The molecule has 28 heavy (non-hydrogen) atoms. The molecule has 1 aromatic heterocycles. The first-order chi connectivity index (χ1) is 13.3. The molecule has 5 nitrogen and oxygen atoms in total. The molecule has 1 heterocycles. The van der Waals surface area contributed by atoms with E-state index in [9.17, 15) is 13.0 Å². The standard InChI is InChI=1S/C19H17ClF2N2O3S/c1-10-19(28(3)25)24-18(23-10)17(11-4-6-14(22)13(20)8-11)27-15-7-5-12(21)9-16(15)26-2/h4-9,17H,1-3H3,(H,23,24)/t17-,28?/m1/s1.